The van der Waals surface area contributed by atoms with Gasteiger partial charge in [-0.25, -0.2) is 0 Å². The number of hydrogen-bond acceptors (Lipinski definition) is 5. The highest BCUT2D eigenvalue weighted by Crippen LogP contribution is 2.33. The van der Waals surface area contributed by atoms with Crippen LogP contribution in [0.1, 0.15) is 47.9 Å². The lowest BCUT2D eigenvalue weighted by molar-refractivity contribution is 0.0941. The standard InChI is InChI=1S/C24H23N5O2/c30-24(21-15-23(31-28-21)17-8-2-1-3-9-17)26-16-18-14-22(20-12-6-7-13-25-20)29(27-18)19-10-4-5-11-19/h1-3,6-9,12-15,19H,4-5,10-11,16H2,(H,26,30). The lowest BCUT2D eigenvalue weighted by Gasteiger charge is -2.13. The topological polar surface area (TPSA) is 85.8 Å². The molecule has 0 aliphatic heterocycles. The molecule has 7 heteroatoms. The van der Waals surface area contributed by atoms with Gasteiger partial charge in [0.2, 0.25) is 0 Å². The van der Waals surface area contributed by atoms with Gasteiger partial charge in [-0.05, 0) is 31.0 Å². The maximum atomic E-state index is 12.6. The number of nitrogens with one attached hydrogen (secondary N) is 1. The first-order valence-corrected chi connectivity index (χ1v) is 10.6. The second kappa shape index (κ2) is 8.55. The number of amides is 1. The fourth-order valence-corrected chi connectivity index (χ4v) is 4.05. The molecule has 0 saturated heterocycles. The Kier molecular flexibility index (Phi) is 5.31. The van der Waals surface area contributed by atoms with Crippen LogP contribution in [-0.4, -0.2) is 25.8 Å². The van der Waals surface area contributed by atoms with Gasteiger partial charge >= 0.3 is 0 Å². The third-order valence-electron chi connectivity index (χ3n) is 5.62. The van der Waals surface area contributed by atoms with E-state index >= 15 is 0 Å². The molecule has 3 heterocycles. The molecule has 0 unspecified atom stereocenters. The second-order valence-corrected chi connectivity index (χ2v) is 7.74. The number of nitrogens with zero attached hydrogens (tertiary/aromatic N) is 4. The first-order valence-electron chi connectivity index (χ1n) is 10.6. The summed E-state index contributed by atoms with van der Waals surface area (Å²) in [5, 5.41) is 11.6. The van der Waals surface area contributed by atoms with Crippen LogP contribution >= 0.6 is 0 Å². The molecule has 156 valence electrons. The van der Waals surface area contributed by atoms with Gasteiger partial charge in [-0.3, -0.25) is 14.5 Å². The van der Waals surface area contributed by atoms with Crippen molar-refractivity contribution in [1.82, 2.24) is 25.2 Å². The predicted octanol–water partition coefficient (Wildman–Crippen LogP) is 4.65. The summed E-state index contributed by atoms with van der Waals surface area (Å²) in [5.41, 5.74) is 3.81. The molecule has 1 amide bonds. The molecule has 31 heavy (non-hydrogen) atoms. The summed E-state index contributed by atoms with van der Waals surface area (Å²) in [4.78, 5) is 17.1. The fourth-order valence-electron chi connectivity index (χ4n) is 4.05. The molecule has 0 spiro atoms. The summed E-state index contributed by atoms with van der Waals surface area (Å²) < 4.78 is 7.42. The molecule has 0 radical (unpaired) electrons. The molecule has 1 N–H and O–H groups in total. The first kappa shape index (κ1) is 19.2. The summed E-state index contributed by atoms with van der Waals surface area (Å²) in [6.07, 6.45) is 6.46. The second-order valence-electron chi connectivity index (χ2n) is 7.74. The maximum Gasteiger partial charge on any atom is 0.273 e. The van der Waals surface area contributed by atoms with E-state index in [1.54, 1.807) is 12.3 Å². The molecule has 1 saturated carbocycles. The molecule has 3 aromatic heterocycles. The van der Waals surface area contributed by atoms with Gasteiger partial charge in [-0.1, -0.05) is 54.4 Å². The van der Waals surface area contributed by atoms with Crippen LogP contribution in [0, 0.1) is 0 Å². The van der Waals surface area contributed by atoms with Gasteiger partial charge < -0.3 is 9.84 Å². The Morgan fingerprint density at radius 3 is 2.65 bits per heavy atom. The zero-order valence-electron chi connectivity index (χ0n) is 17.1. The molecule has 1 aliphatic carbocycles. The summed E-state index contributed by atoms with van der Waals surface area (Å²) in [6, 6.07) is 19.5. The summed E-state index contributed by atoms with van der Waals surface area (Å²) >= 11 is 0. The molecule has 1 aliphatic rings. The van der Waals surface area contributed by atoms with E-state index in [1.165, 1.54) is 12.8 Å². The van der Waals surface area contributed by atoms with Crippen LogP contribution in [0.5, 0.6) is 0 Å². The number of benzene rings is 1. The molecule has 0 bridgehead atoms. The first-order chi connectivity index (χ1) is 15.3. The van der Waals surface area contributed by atoms with Gasteiger partial charge in [0.05, 0.1) is 29.7 Å². The molecular weight excluding hydrogens is 390 g/mol. The Morgan fingerprint density at radius 2 is 1.87 bits per heavy atom. The van der Waals surface area contributed by atoms with Crippen molar-refractivity contribution in [3.05, 3.63) is 78.2 Å². The van der Waals surface area contributed by atoms with E-state index < -0.39 is 0 Å². The minimum Gasteiger partial charge on any atom is -0.355 e. The van der Waals surface area contributed by atoms with E-state index in [-0.39, 0.29) is 11.6 Å². The van der Waals surface area contributed by atoms with Crippen LogP contribution in [0.4, 0.5) is 0 Å². The maximum absolute atomic E-state index is 12.6. The normalized spacial score (nSPS) is 14.1. The number of carbonyl (C=O) groups excluding carboxylic acids is 1. The molecule has 0 atom stereocenters. The van der Waals surface area contributed by atoms with Gasteiger partial charge in [0.15, 0.2) is 11.5 Å². The summed E-state index contributed by atoms with van der Waals surface area (Å²) in [6.45, 7) is 0.311. The lowest BCUT2D eigenvalue weighted by Crippen LogP contribution is -2.23. The van der Waals surface area contributed by atoms with E-state index in [1.807, 2.05) is 54.6 Å². The van der Waals surface area contributed by atoms with Crippen LogP contribution in [0.2, 0.25) is 0 Å². The van der Waals surface area contributed by atoms with Gasteiger partial charge in [0, 0.05) is 17.8 Å². The fraction of sp³-hybridized carbons (Fsp3) is 0.250. The molecule has 4 aromatic rings. The zero-order valence-corrected chi connectivity index (χ0v) is 17.1. The smallest absolute Gasteiger partial charge is 0.273 e. The third-order valence-corrected chi connectivity index (χ3v) is 5.62. The average molecular weight is 413 g/mol. The van der Waals surface area contributed by atoms with Crippen molar-refractivity contribution < 1.29 is 9.32 Å². The van der Waals surface area contributed by atoms with Crippen LogP contribution in [-0.2, 0) is 6.54 Å². The van der Waals surface area contributed by atoms with Gasteiger partial charge in [0.25, 0.3) is 5.91 Å². The predicted molar refractivity (Wildman–Crippen MR) is 116 cm³/mol. The SMILES string of the molecule is O=C(NCc1cc(-c2ccccn2)n(C2CCCC2)n1)c1cc(-c2ccccc2)on1. The highest BCUT2D eigenvalue weighted by molar-refractivity contribution is 5.93. The lowest BCUT2D eigenvalue weighted by atomic mass is 10.1. The third kappa shape index (κ3) is 4.12. The summed E-state index contributed by atoms with van der Waals surface area (Å²) in [5.74, 6) is 0.273. The largest absolute Gasteiger partial charge is 0.355 e. The highest BCUT2D eigenvalue weighted by atomic mass is 16.5. The van der Waals surface area contributed by atoms with Crippen LogP contribution in [0.25, 0.3) is 22.7 Å². The minimum absolute atomic E-state index is 0.249. The van der Waals surface area contributed by atoms with Crippen molar-refractivity contribution in [2.75, 3.05) is 0 Å². The van der Waals surface area contributed by atoms with Crippen molar-refractivity contribution in [2.45, 2.75) is 38.3 Å². The van der Waals surface area contributed by atoms with Crippen molar-refractivity contribution >= 4 is 5.91 Å². The minimum atomic E-state index is -0.291. The number of aromatic nitrogens is 4. The monoisotopic (exact) mass is 413 g/mol. The number of carbonyl (C=O) groups is 1. The van der Waals surface area contributed by atoms with Crippen molar-refractivity contribution in [3.63, 3.8) is 0 Å². The Labute approximate surface area is 180 Å². The number of pyridine rings is 1. The van der Waals surface area contributed by atoms with Gasteiger partial charge in [0.1, 0.15) is 0 Å². The van der Waals surface area contributed by atoms with E-state index in [2.05, 4.69) is 20.1 Å². The van der Waals surface area contributed by atoms with Crippen LogP contribution in [0.3, 0.4) is 0 Å². The average Bonchev–Trinajstić information content (AvgIpc) is 3.59. The quantitative estimate of drug-likeness (QED) is 0.497. The number of hydrogen-bond donors (Lipinski definition) is 1. The Morgan fingerprint density at radius 1 is 1.06 bits per heavy atom. The van der Waals surface area contributed by atoms with Crippen LogP contribution < -0.4 is 5.32 Å². The molecule has 5 rings (SSSR count). The number of rotatable bonds is 6. The van der Waals surface area contributed by atoms with Gasteiger partial charge in [-0.2, -0.15) is 5.10 Å². The Balaban J connectivity index is 1.32. The molecule has 1 aromatic carbocycles. The van der Waals surface area contributed by atoms with Crippen molar-refractivity contribution in [1.29, 1.82) is 0 Å². The van der Waals surface area contributed by atoms with Gasteiger partial charge in [-0.15, -0.1) is 0 Å². The van der Waals surface area contributed by atoms with Crippen LogP contribution in [0.15, 0.2) is 71.4 Å². The molecular formula is C24H23N5O2. The van der Waals surface area contributed by atoms with E-state index in [9.17, 15) is 4.79 Å². The van der Waals surface area contributed by atoms with E-state index in [4.69, 9.17) is 9.62 Å². The van der Waals surface area contributed by atoms with E-state index in [0.29, 0.717) is 18.3 Å². The molecule has 1 fully saturated rings. The zero-order chi connectivity index (χ0) is 21.0. The van der Waals surface area contributed by atoms with Crippen molar-refractivity contribution in [2.24, 2.45) is 0 Å². The van der Waals surface area contributed by atoms with E-state index in [0.717, 1.165) is 35.5 Å². The Bertz CT molecular complexity index is 1160. The molecule has 7 nitrogen and oxygen atoms in total. The summed E-state index contributed by atoms with van der Waals surface area (Å²) in [7, 11) is 0. The highest BCUT2D eigenvalue weighted by Gasteiger charge is 2.23. The van der Waals surface area contributed by atoms with Crippen molar-refractivity contribution in [3.8, 4) is 22.7 Å². The Hall–Kier alpha value is -3.74.